The van der Waals surface area contributed by atoms with Gasteiger partial charge in [-0.15, -0.1) is 0 Å². The van der Waals surface area contributed by atoms with Gasteiger partial charge in [-0.3, -0.25) is 5.41 Å². The third kappa shape index (κ3) is 1.55. The van der Waals surface area contributed by atoms with E-state index < -0.39 is 17.5 Å². The number of nitrogens with zero attached hydrogens (tertiary/aromatic N) is 1. The van der Waals surface area contributed by atoms with E-state index in [-0.39, 0.29) is 11.1 Å². The Labute approximate surface area is 101 Å². The summed E-state index contributed by atoms with van der Waals surface area (Å²) in [5, 5.41) is 26.3. The molecule has 6 nitrogen and oxygen atoms in total. The van der Waals surface area contributed by atoms with Gasteiger partial charge in [-0.2, -0.15) is 0 Å². The summed E-state index contributed by atoms with van der Waals surface area (Å²) in [5.41, 5.74) is -0.673. The van der Waals surface area contributed by atoms with Crippen LogP contribution >= 0.6 is 0 Å². The second-order valence-corrected chi connectivity index (χ2v) is 3.79. The maximum absolute atomic E-state index is 11.2. The average Bonchev–Trinajstić information content (AvgIpc) is 2.32. The van der Waals surface area contributed by atoms with Crippen LogP contribution in [0.15, 0.2) is 24.3 Å². The van der Waals surface area contributed by atoms with Crippen LogP contribution in [-0.4, -0.2) is 26.7 Å². The summed E-state index contributed by atoms with van der Waals surface area (Å²) in [7, 11) is 1.53. The van der Waals surface area contributed by atoms with Crippen molar-refractivity contribution in [2.24, 2.45) is 7.05 Å². The number of carboxylic acids is 2. The van der Waals surface area contributed by atoms with Crippen LogP contribution in [0.2, 0.25) is 0 Å². The fourth-order valence-corrected chi connectivity index (χ4v) is 1.95. The summed E-state index contributed by atoms with van der Waals surface area (Å²) in [6.45, 7) is 0. The number of fused-ring (bicyclic) bond motifs is 1. The van der Waals surface area contributed by atoms with Crippen LogP contribution in [0.25, 0.3) is 10.9 Å². The van der Waals surface area contributed by atoms with Crippen molar-refractivity contribution >= 4 is 22.8 Å². The first-order chi connectivity index (χ1) is 8.45. The van der Waals surface area contributed by atoms with Gasteiger partial charge in [0.25, 0.3) is 0 Å². The summed E-state index contributed by atoms with van der Waals surface area (Å²) >= 11 is 0. The zero-order valence-corrected chi connectivity index (χ0v) is 9.47. The zero-order chi connectivity index (χ0) is 13.4. The Morgan fingerprint density at radius 3 is 2.22 bits per heavy atom. The molecule has 0 spiro atoms. The highest BCUT2D eigenvalue weighted by Crippen LogP contribution is 2.19. The Morgan fingerprint density at radius 1 is 1.11 bits per heavy atom. The van der Waals surface area contributed by atoms with Crippen LogP contribution in [0, 0.1) is 5.41 Å². The number of hydrogen-bond acceptors (Lipinski definition) is 3. The van der Waals surface area contributed by atoms with E-state index in [1.165, 1.54) is 17.7 Å². The Hall–Kier alpha value is -2.63. The molecule has 1 heterocycles. The number of carbonyl (C=O) groups is 2. The van der Waals surface area contributed by atoms with Crippen molar-refractivity contribution in [1.29, 1.82) is 5.41 Å². The quantitative estimate of drug-likeness (QED) is 0.736. The fraction of sp³-hybridized carbons (Fsp3) is 0.0833. The first-order valence-electron chi connectivity index (χ1n) is 5.08. The third-order valence-electron chi connectivity index (χ3n) is 2.78. The Morgan fingerprint density at radius 2 is 1.67 bits per heavy atom. The molecule has 18 heavy (non-hydrogen) atoms. The number of aryl methyl sites for hydroxylation is 1. The van der Waals surface area contributed by atoms with Crippen LogP contribution < -0.4 is 5.49 Å². The number of benzene rings is 1. The molecule has 0 saturated heterocycles. The van der Waals surface area contributed by atoms with Crippen molar-refractivity contribution in [3.05, 3.63) is 40.9 Å². The summed E-state index contributed by atoms with van der Waals surface area (Å²) in [4.78, 5) is 22.4. The number of pyridine rings is 1. The monoisotopic (exact) mass is 246 g/mol. The van der Waals surface area contributed by atoms with E-state index in [0.29, 0.717) is 10.9 Å². The number of aromatic carboxylic acids is 2. The standard InChI is InChI=1S/C12H10N2O4/c1-14-7-5-3-2-4-6(7)8(11(15)16)9(10(14)13)12(17)18/h2-5,13H,1H3,(H,15,16)(H,17,18). The van der Waals surface area contributed by atoms with Crippen molar-refractivity contribution in [1.82, 2.24) is 4.57 Å². The third-order valence-corrected chi connectivity index (χ3v) is 2.78. The van der Waals surface area contributed by atoms with Crippen LogP contribution in [-0.2, 0) is 7.05 Å². The molecule has 0 unspecified atom stereocenters. The van der Waals surface area contributed by atoms with Crippen LogP contribution in [0.5, 0.6) is 0 Å². The maximum Gasteiger partial charge on any atom is 0.340 e. The number of hydrogen-bond donors (Lipinski definition) is 3. The minimum atomic E-state index is -1.42. The van der Waals surface area contributed by atoms with Gasteiger partial charge in [0.2, 0.25) is 0 Å². The Balaban J connectivity index is 3.14. The van der Waals surface area contributed by atoms with E-state index in [1.54, 1.807) is 18.2 Å². The molecule has 6 heteroatoms. The topological polar surface area (TPSA) is 103 Å². The molecule has 1 aromatic carbocycles. The van der Waals surface area contributed by atoms with Gasteiger partial charge < -0.3 is 14.8 Å². The molecular formula is C12H10N2O4. The predicted molar refractivity (Wildman–Crippen MR) is 62.7 cm³/mol. The summed E-state index contributed by atoms with van der Waals surface area (Å²) in [6, 6.07) is 6.51. The number of para-hydroxylation sites is 1. The summed E-state index contributed by atoms with van der Waals surface area (Å²) in [5.74, 6) is -2.77. The molecule has 92 valence electrons. The van der Waals surface area contributed by atoms with E-state index in [9.17, 15) is 14.7 Å². The first-order valence-corrected chi connectivity index (χ1v) is 5.08. The molecule has 0 aliphatic carbocycles. The van der Waals surface area contributed by atoms with Gasteiger partial charge in [-0.25, -0.2) is 9.59 Å². The van der Waals surface area contributed by atoms with Gasteiger partial charge in [0.05, 0.1) is 11.1 Å². The lowest BCUT2D eigenvalue weighted by molar-refractivity contribution is 0.0650. The van der Waals surface area contributed by atoms with Gasteiger partial charge in [0.15, 0.2) is 0 Å². The molecule has 2 rings (SSSR count). The lowest BCUT2D eigenvalue weighted by atomic mass is 10.0. The summed E-state index contributed by atoms with van der Waals surface area (Å²) < 4.78 is 1.35. The molecule has 0 radical (unpaired) electrons. The number of rotatable bonds is 2. The highest BCUT2D eigenvalue weighted by Gasteiger charge is 2.23. The van der Waals surface area contributed by atoms with E-state index in [1.807, 2.05) is 0 Å². The molecular weight excluding hydrogens is 236 g/mol. The SMILES string of the molecule is Cn1c(=N)c(C(=O)O)c(C(=O)O)c2ccccc21. The lowest BCUT2D eigenvalue weighted by Gasteiger charge is -2.11. The maximum atomic E-state index is 11.2. The van der Waals surface area contributed by atoms with Crippen LogP contribution in [0.3, 0.4) is 0 Å². The molecule has 0 saturated carbocycles. The minimum Gasteiger partial charge on any atom is -0.478 e. The van der Waals surface area contributed by atoms with E-state index in [0.717, 1.165) is 0 Å². The Kier molecular flexibility index (Phi) is 2.63. The number of aromatic nitrogens is 1. The van der Waals surface area contributed by atoms with Gasteiger partial charge in [0.1, 0.15) is 11.1 Å². The number of nitrogens with one attached hydrogen (secondary N) is 1. The highest BCUT2D eigenvalue weighted by atomic mass is 16.4. The van der Waals surface area contributed by atoms with Crippen molar-refractivity contribution in [2.75, 3.05) is 0 Å². The van der Waals surface area contributed by atoms with E-state index in [2.05, 4.69) is 0 Å². The Bertz CT molecular complexity index is 731. The minimum absolute atomic E-state index is 0.306. The van der Waals surface area contributed by atoms with Crippen molar-refractivity contribution in [3.63, 3.8) is 0 Å². The molecule has 0 aliphatic heterocycles. The lowest BCUT2D eigenvalue weighted by Crippen LogP contribution is -2.28. The normalized spacial score (nSPS) is 10.5. The fourth-order valence-electron chi connectivity index (χ4n) is 1.95. The molecule has 2 aromatic rings. The molecule has 0 aliphatic rings. The predicted octanol–water partition coefficient (Wildman–Crippen LogP) is 1.05. The van der Waals surface area contributed by atoms with Crippen LogP contribution in [0.4, 0.5) is 0 Å². The van der Waals surface area contributed by atoms with Gasteiger partial charge in [-0.1, -0.05) is 18.2 Å². The summed E-state index contributed by atoms with van der Waals surface area (Å²) in [6.07, 6.45) is 0. The van der Waals surface area contributed by atoms with Crippen LogP contribution in [0.1, 0.15) is 20.7 Å². The zero-order valence-electron chi connectivity index (χ0n) is 9.47. The molecule has 0 amide bonds. The van der Waals surface area contributed by atoms with E-state index >= 15 is 0 Å². The van der Waals surface area contributed by atoms with E-state index in [4.69, 9.17) is 10.5 Å². The largest absolute Gasteiger partial charge is 0.478 e. The molecule has 1 aromatic heterocycles. The number of carboxylic acid groups (broad SMARTS) is 2. The molecule has 0 bridgehead atoms. The van der Waals surface area contributed by atoms with Gasteiger partial charge in [0, 0.05) is 12.4 Å². The van der Waals surface area contributed by atoms with Crippen molar-refractivity contribution in [3.8, 4) is 0 Å². The van der Waals surface area contributed by atoms with Gasteiger partial charge in [-0.05, 0) is 6.07 Å². The van der Waals surface area contributed by atoms with Crippen molar-refractivity contribution < 1.29 is 19.8 Å². The first kappa shape index (κ1) is 11.8. The van der Waals surface area contributed by atoms with Gasteiger partial charge >= 0.3 is 11.9 Å². The smallest absolute Gasteiger partial charge is 0.340 e. The molecule has 0 atom stereocenters. The van der Waals surface area contributed by atoms with Crippen molar-refractivity contribution in [2.45, 2.75) is 0 Å². The average molecular weight is 246 g/mol. The molecule has 3 N–H and O–H groups in total. The highest BCUT2D eigenvalue weighted by molar-refractivity contribution is 6.10. The molecule has 0 fully saturated rings. The second kappa shape index (κ2) is 3.99. The second-order valence-electron chi connectivity index (χ2n) is 3.79.